The number of amides is 2. The lowest BCUT2D eigenvalue weighted by Gasteiger charge is -2.34. The second-order valence-electron chi connectivity index (χ2n) is 9.95. The van der Waals surface area contributed by atoms with Crippen LogP contribution in [0.3, 0.4) is 0 Å². The normalized spacial score (nSPS) is 20.0. The van der Waals surface area contributed by atoms with E-state index in [9.17, 15) is 19.5 Å². The van der Waals surface area contributed by atoms with Gasteiger partial charge in [0.1, 0.15) is 12.6 Å². The number of nitrogens with one attached hydrogen (secondary N) is 1. The lowest BCUT2D eigenvalue weighted by molar-refractivity contribution is -0.152. The van der Waals surface area contributed by atoms with E-state index in [2.05, 4.69) is 29.6 Å². The van der Waals surface area contributed by atoms with Crippen molar-refractivity contribution in [3.8, 4) is 11.1 Å². The summed E-state index contributed by atoms with van der Waals surface area (Å²) in [4.78, 5) is 38.7. The first kappa shape index (κ1) is 23.4. The first-order valence-electron chi connectivity index (χ1n) is 12.6. The standard InChI is InChI=1S/C28H32N2O5/c31-26(30-14-6-5-11-25(30)27(32)33)15-19(18-12-13-18)16-29-28(34)35-17-24-22-9-3-1-7-20(22)21-8-2-4-10-23(21)24/h1-4,7-10,18-19,24-25H,5-6,11-17H2,(H,29,34)(H,32,33). The molecule has 7 heteroatoms. The maximum atomic E-state index is 13.0. The molecule has 7 nitrogen and oxygen atoms in total. The fraction of sp³-hybridized carbons (Fsp3) is 0.464. The van der Waals surface area contributed by atoms with Crippen molar-refractivity contribution in [3.63, 3.8) is 0 Å². The Balaban J connectivity index is 1.16. The molecule has 184 valence electrons. The molecule has 2 aliphatic carbocycles. The van der Waals surface area contributed by atoms with Crippen LogP contribution in [-0.4, -0.2) is 53.7 Å². The van der Waals surface area contributed by atoms with E-state index in [1.54, 1.807) is 0 Å². The van der Waals surface area contributed by atoms with Crippen molar-refractivity contribution in [2.24, 2.45) is 11.8 Å². The van der Waals surface area contributed by atoms with Crippen LogP contribution in [0.4, 0.5) is 4.79 Å². The number of nitrogens with zero attached hydrogens (tertiary/aromatic N) is 1. The number of carboxylic acid groups (broad SMARTS) is 1. The highest BCUT2D eigenvalue weighted by Crippen LogP contribution is 2.44. The number of rotatable bonds is 8. The maximum Gasteiger partial charge on any atom is 0.407 e. The molecular weight excluding hydrogens is 444 g/mol. The summed E-state index contributed by atoms with van der Waals surface area (Å²) in [5.41, 5.74) is 4.69. The molecule has 0 radical (unpaired) electrons. The van der Waals surface area contributed by atoms with Gasteiger partial charge < -0.3 is 20.1 Å². The van der Waals surface area contributed by atoms with Crippen LogP contribution < -0.4 is 5.32 Å². The van der Waals surface area contributed by atoms with Crippen molar-refractivity contribution in [2.45, 2.75) is 50.5 Å². The summed E-state index contributed by atoms with van der Waals surface area (Å²) in [7, 11) is 0. The lowest BCUT2D eigenvalue weighted by Crippen LogP contribution is -2.48. The zero-order valence-corrected chi connectivity index (χ0v) is 19.8. The van der Waals surface area contributed by atoms with Gasteiger partial charge >= 0.3 is 12.1 Å². The van der Waals surface area contributed by atoms with Crippen LogP contribution in [0.1, 0.15) is 55.6 Å². The summed E-state index contributed by atoms with van der Waals surface area (Å²) < 4.78 is 5.64. The number of benzene rings is 2. The lowest BCUT2D eigenvalue weighted by atomic mass is 9.96. The monoisotopic (exact) mass is 476 g/mol. The maximum absolute atomic E-state index is 13.0. The Bertz CT molecular complexity index is 1070. The number of likely N-dealkylation sites (tertiary alicyclic amines) is 1. The molecule has 2 atom stereocenters. The van der Waals surface area contributed by atoms with Crippen molar-refractivity contribution in [3.05, 3.63) is 59.7 Å². The smallest absolute Gasteiger partial charge is 0.407 e. The third-order valence-electron chi connectivity index (χ3n) is 7.69. The second kappa shape index (κ2) is 10.1. The Hall–Kier alpha value is -3.35. The summed E-state index contributed by atoms with van der Waals surface area (Å²) in [5, 5.41) is 12.4. The van der Waals surface area contributed by atoms with Gasteiger partial charge in [0.25, 0.3) is 0 Å². The van der Waals surface area contributed by atoms with Crippen molar-refractivity contribution in [2.75, 3.05) is 19.7 Å². The SMILES string of the molecule is O=C(NCC(CC(=O)N1CCCCC1C(=O)O)C1CC1)OCC1c2ccccc2-c2ccccc21. The van der Waals surface area contributed by atoms with Gasteiger partial charge in [-0.25, -0.2) is 9.59 Å². The molecule has 2 unspecified atom stereocenters. The number of hydrogen-bond acceptors (Lipinski definition) is 4. The molecule has 2 N–H and O–H groups in total. The highest BCUT2D eigenvalue weighted by atomic mass is 16.5. The third-order valence-corrected chi connectivity index (χ3v) is 7.69. The van der Waals surface area contributed by atoms with Gasteiger partial charge in [0.2, 0.25) is 5.91 Å². The summed E-state index contributed by atoms with van der Waals surface area (Å²) >= 11 is 0. The van der Waals surface area contributed by atoms with Crippen LogP contribution in [0.15, 0.2) is 48.5 Å². The molecule has 0 spiro atoms. The van der Waals surface area contributed by atoms with Crippen LogP contribution in [-0.2, 0) is 14.3 Å². The molecule has 0 aromatic heterocycles. The first-order valence-corrected chi connectivity index (χ1v) is 12.6. The van der Waals surface area contributed by atoms with Crippen LogP contribution in [0.5, 0.6) is 0 Å². The Morgan fingerprint density at radius 1 is 0.971 bits per heavy atom. The number of carbonyl (C=O) groups excluding carboxylic acids is 2. The zero-order chi connectivity index (χ0) is 24.4. The summed E-state index contributed by atoms with van der Waals surface area (Å²) in [6.45, 7) is 1.10. The van der Waals surface area contributed by atoms with E-state index >= 15 is 0 Å². The number of fused-ring (bicyclic) bond motifs is 3. The molecule has 0 bridgehead atoms. The van der Waals surface area contributed by atoms with Gasteiger partial charge in [-0.15, -0.1) is 0 Å². The van der Waals surface area contributed by atoms with Crippen LogP contribution in [0, 0.1) is 11.8 Å². The predicted molar refractivity (Wildman–Crippen MR) is 131 cm³/mol. The van der Waals surface area contributed by atoms with Crippen LogP contribution in [0.25, 0.3) is 11.1 Å². The molecule has 2 aromatic rings. The van der Waals surface area contributed by atoms with E-state index in [0.717, 1.165) is 36.8 Å². The first-order chi connectivity index (χ1) is 17.0. The minimum absolute atomic E-state index is 0.000598. The van der Waals surface area contributed by atoms with E-state index in [0.29, 0.717) is 25.4 Å². The molecule has 1 aliphatic heterocycles. The van der Waals surface area contributed by atoms with Gasteiger partial charge in [-0.3, -0.25) is 4.79 Å². The number of carboxylic acids is 1. The van der Waals surface area contributed by atoms with Crippen molar-refractivity contribution >= 4 is 18.0 Å². The highest BCUT2D eigenvalue weighted by molar-refractivity contribution is 5.84. The van der Waals surface area contributed by atoms with Crippen LogP contribution in [0.2, 0.25) is 0 Å². The molecule has 3 aliphatic rings. The largest absolute Gasteiger partial charge is 0.480 e. The van der Waals surface area contributed by atoms with Crippen molar-refractivity contribution in [1.82, 2.24) is 10.2 Å². The van der Waals surface area contributed by atoms with E-state index in [4.69, 9.17) is 4.74 Å². The minimum Gasteiger partial charge on any atom is -0.480 e. The highest BCUT2D eigenvalue weighted by Gasteiger charge is 2.37. The Morgan fingerprint density at radius 3 is 2.26 bits per heavy atom. The topological polar surface area (TPSA) is 95.9 Å². The fourth-order valence-corrected chi connectivity index (χ4v) is 5.67. The Labute approximate surface area is 205 Å². The van der Waals surface area contributed by atoms with Crippen molar-refractivity contribution < 1.29 is 24.2 Å². The average Bonchev–Trinajstić information content (AvgIpc) is 3.68. The Kier molecular flexibility index (Phi) is 6.75. The molecule has 5 rings (SSSR count). The van der Waals surface area contributed by atoms with E-state index in [1.807, 2.05) is 24.3 Å². The Morgan fingerprint density at radius 2 is 1.63 bits per heavy atom. The van der Waals surface area contributed by atoms with Gasteiger partial charge in [0, 0.05) is 25.4 Å². The predicted octanol–water partition coefficient (Wildman–Crippen LogP) is 4.41. The molecular formula is C28H32N2O5. The number of carbonyl (C=O) groups is 3. The quantitative estimate of drug-likeness (QED) is 0.589. The van der Waals surface area contributed by atoms with Gasteiger partial charge in [-0.2, -0.15) is 0 Å². The molecule has 1 saturated carbocycles. The van der Waals surface area contributed by atoms with E-state index < -0.39 is 18.1 Å². The molecule has 2 amide bonds. The van der Waals surface area contributed by atoms with Gasteiger partial charge in [-0.05, 0) is 66.2 Å². The summed E-state index contributed by atoms with van der Waals surface area (Å²) in [6.07, 6.45) is 4.02. The average molecular weight is 477 g/mol. The molecule has 35 heavy (non-hydrogen) atoms. The van der Waals surface area contributed by atoms with E-state index in [1.165, 1.54) is 16.0 Å². The minimum atomic E-state index is -0.933. The summed E-state index contributed by atoms with van der Waals surface area (Å²) in [6, 6.07) is 15.7. The van der Waals surface area contributed by atoms with Gasteiger partial charge in [-0.1, -0.05) is 48.5 Å². The number of piperidine rings is 1. The zero-order valence-electron chi connectivity index (χ0n) is 19.8. The molecule has 2 aromatic carbocycles. The number of hydrogen-bond donors (Lipinski definition) is 2. The fourth-order valence-electron chi connectivity index (χ4n) is 5.67. The number of alkyl carbamates (subject to hydrolysis) is 1. The molecule has 2 fully saturated rings. The molecule has 1 heterocycles. The number of aliphatic carboxylic acids is 1. The van der Waals surface area contributed by atoms with Crippen LogP contribution >= 0.6 is 0 Å². The number of ether oxygens (including phenoxy) is 1. The van der Waals surface area contributed by atoms with Gasteiger partial charge in [0.15, 0.2) is 0 Å². The third kappa shape index (κ3) is 5.04. The molecule has 1 saturated heterocycles. The van der Waals surface area contributed by atoms with E-state index in [-0.39, 0.29) is 30.8 Å². The van der Waals surface area contributed by atoms with Crippen molar-refractivity contribution in [1.29, 1.82) is 0 Å². The second-order valence-corrected chi connectivity index (χ2v) is 9.95. The summed E-state index contributed by atoms with van der Waals surface area (Å²) in [5.74, 6) is -0.664. The van der Waals surface area contributed by atoms with Gasteiger partial charge in [0.05, 0.1) is 0 Å².